The number of nitrogens with one attached hydrogen (secondary N) is 1. The van der Waals surface area contributed by atoms with Gasteiger partial charge in [0.25, 0.3) is 5.91 Å². The molecule has 9 nitrogen and oxygen atoms in total. The van der Waals surface area contributed by atoms with Crippen LogP contribution in [0.25, 0.3) is 11.0 Å². The van der Waals surface area contributed by atoms with Gasteiger partial charge in [-0.1, -0.05) is 29.5 Å². The summed E-state index contributed by atoms with van der Waals surface area (Å²) in [5.41, 5.74) is 2.60. The third-order valence-corrected chi connectivity index (χ3v) is 3.93. The molecule has 0 unspecified atom stereocenters. The average Bonchev–Trinajstić information content (AvgIpc) is 3.13. The van der Waals surface area contributed by atoms with E-state index in [9.17, 15) is 14.4 Å². The van der Waals surface area contributed by atoms with E-state index in [1.807, 2.05) is 12.1 Å². The third kappa shape index (κ3) is 4.70. The van der Waals surface area contributed by atoms with E-state index >= 15 is 0 Å². The van der Waals surface area contributed by atoms with E-state index in [1.54, 1.807) is 36.4 Å². The molecule has 2 aromatic carbocycles. The maximum Gasteiger partial charge on any atom is 0.337 e. The number of para-hydroxylation sites is 1. The van der Waals surface area contributed by atoms with Crippen molar-refractivity contribution >= 4 is 28.9 Å². The first kappa shape index (κ1) is 19.0. The molecule has 3 aromatic rings. The number of ether oxygens (including phenoxy) is 2. The summed E-state index contributed by atoms with van der Waals surface area (Å²) in [6.07, 6.45) is 0. The number of fused-ring (bicyclic) bond motifs is 1. The molecule has 0 saturated heterocycles. The minimum atomic E-state index is -0.590. The number of esters is 2. The zero-order chi connectivity index (χ0) is 19.9. The summed E-state index contributed by atoms with van der Waals surface area (Å²) >= 11 is 0. The van der Waals surface area contributed by atoms with Gasteiger partial charge in [-0.15, -0.1) is 5.10 Å². The summed E-state index contributed by atoms with van der Waals surface area (Å²) < 4.78 is 11.0. The fourth-order valence-electron chi connectivity index (χ4n) is 2.48. The molecule has 3 rings (SSSR count). The first-order valence-electron chi connectivity index (χ1n) is 8.44. The lowest BCUT2D eigenvalue weighted by Crippen LogP contribution is -2.29. The molecule has 0 radical (unpaired) electrons. The molecular weight excluding hydrogens is 364 g/mol. The number of rotatable bonds is 7. The van der Waals surface area contributed by atoms with Crippen molar-refractivity contribution in [3.05, 3.63) is 59.7 Å². The van der Waals surface area contributed by atoms with E-state index in [0.29, 0.717) is 16.6 Å². The SMILES string of the molecule is COC(=O)c1ccc(CNC(=O)COC(=O)Cn2nnc3ccccc32)cc1. The van der Waals surface area contributed by atoms with Gasteiger partial charge in [0.2, 0.25) is 0 Å². The number of hydrogen-bond acceptors (Lipinski definition) is 7. The number of carbonyl (C=O) groups excluding carboxylic acids is 3. The molecule has 0 aliphatic carbocycles. The van der Waals surface area contributed by atoms with Crippen LogP contribution in [0, 0.1) is 0 Å². The van der Waals surface area contributed by atoms with Crippen LogP contribution < -0.4 is 5.32 Å². The van der Waals surface area contributed by atoms with Gasteiger partial charge in [-0.2, -0.15) is 0 Å². The molecule has 0 atom stereocenters. The van der Waals surface area contributed by atoms with Crippen molar-refractivity contribution in [2.24, 2.45) is 0 Å². The van der Waals surface area contributed by atoms with Gasteiger partial charge in [0.05, 0.1) is 18.2 Å². The van der Waals surface area contributed by atoms with Gasteiger partial charge in [0.1, 0.15) is 12.1 Å². The van der Waals surface area contributed by atoms with E-state index in [1.165, 1.54) is 11.8 Å². The van der Waals surface area contributed by atoms with Crippen molar-refractivity contribution in [1.82, 2.24) is 20.3 Å². The summed E-state index contributed by atoms with van der Waals surface area (Å²) in [6, 6.07) is 13.8. The molecule has 1 aromatic heterocycles. The van der Waals surface area contributed by atoms with Gasteiger partial charge in [-0.3, -0.25) is 9.59 Å². The highest BCUT2D eigenvalue weighted by atomic mass is 16.5. The van der Waals surface area contributed by atoms with Crippen LogP contribution in [0.2, 0.25) is 0 Å². The molecule has 1 N–H and O–H groups in total. The number of benzene rings is 2. The molecule has 0 spiro atoms. The number of aromatic nitrogens is 3. The molecule has 1 heterocycles. The zero-order valence-electron chi connectivity index (χ0n) is 15.1. The summed E-state index contributed by atoms with van der Waals surface area (Å²) in [4.78, 5) is 35.2. The van der Waals surface area contributed by atoms with Crippen molar-refractivity contribution < 1.29 is 23.9 Å². The number of carbonyl (C=O) groups is 3. The highest BCUT2D eigenvalue weighted by Crippen LogP contribution is 2.09. The largest absolute Gasteiger partial charge is 0.465 e. The van der Waals surface area contributed by atoms with E-state index < -0.39 is 24.5 Å². The summed E-state index contributed by atoms with van der Waals surface area (Å²) in [5.74, 6) is -1.45. The number of methoxy groups -OCH3 is 1. The van der Waals surface area contributed by atoms with Crippen LogP contribution in [0.3, 0.4) is 0 Å². The van der Waals surface area contributed by atoms with Gasteiger partial charge in [-0.05, 0) is 29.8 Å². The third-order valence-electron chi connectivity index (χ3n) is 3.93. The van der Waals surface area contributed by atoms with E-state index in [0.717, 1.165) is 5.56 Å². The van der Waals surface area contributed by atoms with Crippen molar-refractivity contribution in [3.63, 3.8) is 0 Å². The van der Waals surface area contributed by atoms with Gasteiger partial charge in [0, 0.05) is 6.54 Å². The van der Waals surface area contributed by atoms with Crippen LogP contribution >= 0.6 is 0 Å². The Morgan fingerprint density at radius 3 is 2.57 bits per heavy atom. The Kier molecular flexibility index (Phi) is 5.95. The highest BCUT2D eigenvalue weighted by molar-refractivity contribution is 5.89. The van der Waals surface area contributed by atoms with Crippen LogP contribution in [0.4, 0.5) is 0 Å². The molecule has 9 heteroatoms. The van der Waals surface area contributed by atoms with Gasteiger partial charge in [0.15, 0.2) is 6.61 Å². The van der Waals surface area contributed by atoms with Crippen LogP contribution in [-0.4, -0.2) is 46.6 Å². The summed E-state index contributed by atoms with van der Waals surface area (Å²) in [5, 5.41) is 10.5. The first-order valence-corrected chi connectivity index (χ1v) is 8.44. The lowest BCUT2D eigenvalue weighted by Gasteiger charge is -2.07. The molecular formula is C19H18N4O5. The van der Waals surface area contributed by atoms with Gasteiger partial charge in [-0.25, -0.2) is 9.48 Å². The monoisotopic (exact) mass is 382 g/mol. The number of amides is 1. The summed E-state index contributed by atoms with van der Waals surface area (Å²) in [7, 11) is 1.31. The standard InChI is InChI=1S/C19H18N4O5/c1-27-19(26)14-8-6-13(7-9-14)10-20-17(24)12-28-18(25)11-23-16-5-3-2-4-15(16)21-22-23/h2-9H,10-12H2,1H3,(H,20,24). The maximum absolute atomic E-state index is 11.9. The Morgan fingerprint density at radius 1 is 1.07 bits per heavy atom. The van der Waals surface area contributed by atoms with Crippen molar-refractivity contribution in [2.75, 3.05) is 13.7 Å². The molecule has 0 fully saturated rings. The molecule has 0 aliphatic rings. The molecule has 0 saturated carbocycles. The van der Waals surface area contributed by atoms with Crippen LogP contribution in [0.1, 0.15) is 15.9 Å². The van der Waals surface area contributed by atoms with Crippen molar-refractivity contribution in [1.29, 1.82) is 0 Å². The minimum Gasteiger partial charge on any atom is -0.465 e. The van der Waals surface area contributed by atoms with E-state index in [-0.39, 0.29) is 13.1 Å². The second-order valence-electron chi connectivity index (χ2n) is 5.86. The molecule has 0 bridgehead atoms. The topological polar surface area (TPSA) is 112 Å². The number of hydrogen-bond donors (Lipinski definition) is 1. The molecule has 1 amide bonds. The second kappa shape index (κ2) is 8.76. The van der Waals surface area contributed by atoms with Crippen LogP contribution in [-0.2, 0) is 32.2 Å². The van der Waals surface area contributed by atoms with Gasteiger partial charge >= 0.3 is 11.9 Å². The predicted octanol–water partition coefficient (Wildman–Crippen LogP) is 1.08. The minimum absolute atomic E-state index is 0.136. The Morgan fingerprint density at radius 2 is 1.82 bits per heavy atom. The highest BCUT2D eigenvalue weighted by Gasteiger charge is 2.12. The lowest BCUT2D eigenvalue weighted by atomic mass is 10.1. The molecule has 28 heavy (non-hydrogen) atoms. The quantitative estimate of drug-likeness (QED) is 0.608. The Balaban J connectivity index is 1.44. The first-order chi connectivity index (χ1) is 13.6. The Bertz CT molecular complexity index is 997. The number of nitrogens with zero attached hydrogens (tertiary/aromatic N) is 3. The smallest absolute Gasteiger partial charge is 0.337 e. The maximum atomic E-state index is 11.9. The van der Waals surface area contributed by atoms with Gasteiger partial charge < -0.3 is 14.8 Å². The predicted molar refractivity (Wildman–Crippen MR) is 98.1 cm³/mol. The molecule has 144 valence electrons. The van der Waals surface area contributed by atoms with E-state index in [2.05, 4.69) is 20.4 Å². The Hall–Kier alpha value is -3.75. The van der Waals surface area contributed by atoms with E-state index in [4.69, 9.17) is 4.74 Å². The Labute approximate surface area is 160 Å². The van der Waals surface area contributed by atoms with Crippen molar-refractivity contribution in [2.45, 2.75) is 13.1 Å². The second-order valence-corrected chi connectivity index (χ2v) is 5.86. The summed E-state index contributed by atoms with van der Waals surface area (Å²) in [6.45, 7) is -0.292. The fraction of sp³-hybridized carbons (Fsp3) is 0.211. The lowest BCUT2D eigenvalue weighted by molar-refractivity contribution is -0.149. The van der Waals surface area contributed by atoms with Crippen LogP contribution in [0.5, 0.6) is 0 Å². The normalized spacial score (nSPS) is 10.5. The average molecular weight is 382 g/mol. The van der Waals surface area contributed by atoms with Crippen LogP contribution in [0.15, 0.2) is 48.5 Å². The fourth-order valence-corrected chi connectivity index (χ4v) is 2.48. The van der Waals surface area contributed by atoms with Crippen molar-refractivity contribution in [3.8, 4) is 0 Å². The molecule has 0 aliphatic heterocycles. The zero-order valence-corrected chi connectivity index (χ0v) is 15.1.